The summed E-state index contributed by atoms with van der Waals surface area (Å²) in [5.74, 6) is -0.113. The summed E-state index contributed by atoms with van der Waals surface area (Å²) in [7, 11) is -2.69. The Balaban J connectivity index is 1.59. The summed E-state index contributed by atoms with van der Waals surface area (Å²) >= 11 is 0. The van der Waals surface area contributed by atoms with Crippen LogP contribution in [-0.4, -0.2) is 58.2 Å². The fourth-order valence-corrected chi connectivity index (χ4v) is 4.60. The van der Waals surface area contributed by atoms with Crippen LogP contribution in [0.1, 0.15) is 32.4 Å². The summed E-state index contributed by atoms with van der Waals surface area (Å²) in [5, 5.41) is 6.53. The second kappa shape index (κ2) is 10.6. The van der Waals surface area contributed by atoms with Crippen molar-refractivity contribution < 1.29 is 26.8 Å². The van der Waals surface area contributed by atoms with Crippen molar-refractivity contribution in [1.82, 2.24) is 19.7 Å². The molecule has 2 aromatic heterocycles. The van der Waals surface area contributed by atoms with Crippen LogP contribution in [0, 0.1) is 5.82 Å². The van der Waals surface area contributed by atoms with E-state index < -0.39 is 21.2 Å². The van der Waals surface area contributed by atoms with Gasteiger partial charge in [0.15, 0.2) is 0 Å². The zero-order valence-electron chi connectivity index (χ0n) is 21.0. The van der Waals surface area contributed by atoms with Gasteiger partial charge in [0.25, 0.3) is 10.1 Å². The van der Waals surface area contributed by atoms with E-state index in [2.05, 4.69) is 10.4 Å². The van der Waals surface area contributed by atoms with E-state index in [1.807, 2.05) is 6.20 Å². The smallest absolute Gasteiger partial charge is 0.269 e. The molecule has 2 N–H and O–H groups in total. The first kappa shape index (κ1) is 26.0. The van der Waals surface area contributed by atoms with Crippen molar-refractivity contribution in [3.8, 4) is 28.3 Å². The quantitative estimate of drug-likeness (QED) is 0.305. The van der Waals surface area contributed by atoms with Gasteiger partial charge in [0.2, 0.25) is 0 Å². The normalized spacial score (nSPS) is 16.9. The number of rotatable bonds is 8. The van der Waals surface area contributed by atoms with Gasteiger partial charge in [-0.2, -0.15) is 13.5 Å². The summed E-state index contributed by atoms with van der Waals surface area (Å²) in [6.07, 6.45) is 6.30. The van der Waals surface area contributed by atoms with Gasteiger partial charge in [-0.3, -0.25) is 4.55 Å². The van der Waals surface area contributed by atoms with Gasteiger partial charge < -0.3 is 14.8 Å². The highest BCUT2D eigenvalue weighted by atomic mass is 32.2. The summed E-state index contributed by atoms with van der Waals surface area (Å²) in [5.41, 5.74) is 3.85. The number of ether oxygens (including phenoxy) is 2. The van der Waals surface area contributed by atoms with Crippen molar-refractivity contribution in [2.24, 2.45) is 0 Å². The number of aromatic nitrogens is 4. The Labute approximate surface area is 219 Å². The highest BCUT2D eigenvalue weighted by Crippen LogP contribution is 2.34. The highest BCUT2D eigenvalue weighted by molar-refractivity contribution is 7.86. The van der Waals surface area contributed by atoms with E-state index in [0.29, 0.717) is 51.6 Å². The van der Waals surface area contributed by atoms with Crippen molar-refractivity contribution in [2.45, 2.75) is 37.7 Å². The lowest BCUT2D eigenvalue weighted by Crippen LogP contribution is -2.25. The fourth-order valence-electron chi connectivity index (χ4n) is 4.30. The maximum absolute atomic E-state index is 14.5. The maximum atomic E-state index is 14.5. The minimum Gasteiger partial charge on any atom is -0.497 e. The molecule has 200 valence electrons. The Kier molecular flexibility index (Phi) is 7.28. The average Bonchev–Trinajstić information content (AvgIpc) is 3.40. The number of fused-ring (bicyclic) bond motifs is 1. The predicted octanol–water partition coefficient (Wildman–Crippen LogP) is 4.70. The SMILES string of the molecule is COc1cc(F)cc(-c2nc3ccc(NCC(C)S(=O)(=O)O)cc3nc2-c2cnn(C3CCCCO3)c2)c1. The van der Waals surface area contributed by atoms with E-state index in [9.17, 15) is 17.4 Å². The first-order valence-corrected chi connectivity index (χ1v) is 13.7. The van der Waals surface area contributed by atoms with Crippen LogP contribution in [0.15, 0.2) is 48.8 Å². The number of nitrogens with one attached hydrogen (secondary N) is 1. The highest BCUT2D eigenvalue weighted by Gasteiger charge is 2.21. The van der Waals surface area contributed by atoms with Crippen LogP contribution in [0.5, 0.6) is 5.75 Å². The Bertz CT molecular complexity index is 1570. The van der Waals surface area contributed by atoms with Crippen molar-refractivity contribution in [3.05, 3.63) is 54.6 Å². The number of anilines is 1. The summed E-state index contributed by atoms with van der Waals surface area (Å²) in [4.78, 5) is 9.69. The molecule has 0 spiro atoms. The van der Waals surface area contributed by atoms with Gasteiger partial charge in [-0.25, -0.2) is 19.0 Å². The molecule has 38 heavy (non-hydrogen) atoms. The van der Waals surface area contributed by atoms with E-state index in [4.69, 9.17) is 19.4 Å². The van der Waals surface area contributed by atoms with Gasteiger partial charge in [-0.1, -0.05) is 0 Å². The first-order valence-electron chi connectivity index (χ1n) is 12.2. The Hall–Kier alpha value is -3.61. The van der Waals surface area contributed by atoms with Gasteiger partial charge in [-0.15, -0.1) is 0 Å². The minimum atomic E-state index is -4.16. The third-order valence-electron chi connectivity index (χ3n) is 6.47. The molecule has 0 bridgehead atoms. The summed E-state index contributed by atoms with van der Waals surface area (Å²) in [6.45, 7) is 2.10. The molecule has 0 aliphatic carbocycles. The molecule has 1 saturated heterocycles. The average molecular weight is 542 g/mol. The molecule has 0 radical (unpaired) electrons. The van der Waals surface area contributed by atoms with Gasteiger partial charge in [0.05, 0.1) is 30.0 Å². The molecule has 1 aliphatic rings. The van der Waals surface area contributed by atoms with Crippen molar-refractivity contribution in [2.75, 3.05) is 25.6 Å². The maximum Gasteiger partial charge on any atom is 0.269 e. The molecule has 10 nitrogen and oxygen atoms in total. The third kappa shape index (κ3) is 5.62. The molecule has 12 heteroatoms. The largest absolute Gasteiger partial charge is 0.497 e. The standard InChI is InChI=1S/C26H28FN5O5S/c1-16(38(33,34)35)13-28-20-6-7-22-23(12-20)31-26(18-14-29-32(15-18)24-5-3-4-8-37-24)25(30-22)17-9-19(27)11-21(10-17)36-2/h6-7,9-12,14-16,24,28H,3-5,8,13H2,1-2H3,(H,33,34,35). The van der Waals surface area contributed by atoms with Crippen molar-refractivity contribution in [1.29, 1.82) is 0 Å². The topological polar surface area (TPSA) is 128 Å². The molecule has 0 amide bonds. The fraction of sp³-hybridized carbons (Fsp3) is 0.346. The molecular weight excluding hydrogens is 513 g/mol. The molecule has 1 aliphatic heterocycles. The number of halogens is 1. The monoisotopic (exact) mass is 541 g/mol. The van der Waals surface area contributed by atoms with E-state index in [1.165, 1.54) is 26.2 Å². The first-order chi connectivity index (χ1) is 18.2. The second-order valence-corrected chi connectivity index (χ2v) is 11.1. The third-order valence-corrected chi connectivity index (χ3v) is 7.66. The molecule has 2 atom stereocenters. The molecule has 4 aromatic rings. The zero-order valence-corrected chi connectivity index (χ0v) is 21.8. The molecule has 3 heterocycles. The Morgan fingerprint density at radius 2 is 1.95 bits per heavy atom. The lowest BCUT2D eigenvalue weighted by molar-refractivity contribution is -0.0394. The van der Waals surface area contributed by atoms with Gasteiger partial charge >= 0.3 is 0 Å². The van der Waals surface area contributed by atoms with Crippen molar-refractivity contribution >= 4 is 26.8 Å². The number of hydrogen-bond donors (Lipinski definition) is 2. The van der Waals surface area contributed by atoms with E-state index >= 15 is 0 Å². The second-order valence-electron chi connectivity index (χ2n) is 9.24. The zero-order chi connectivity index (χ0) is 26.9. The van der Waals surface area contributed by atoms with Crippen LogP contribution >= 0.6 is 0 Å². The van der Waals surface area contributed by atoms with Crippen LogP contribution in [0.4, 0.5) is 10.1 Å². The summed E-state index contributed by atoms with van der Waals surface area (Å²) < 4.78 is 59.3. The number of benzene rings is 2. The minimum absolute atomic E-state index is 0.0138. The lowest BCUT2D eigenvalue weighted by Gasteiger charge is -2.22. The molecular formula is C26H28FN5O5S. The molecule has 2 aromatic carbocycles. The lowest BCUT2D eigenvalue weighted by atomic mass is 10.0. The molecule has 2 unspecified atom stereocenters. The number of methoxy groups -OCH3 is 1. The van der Waals surface area contributed by atoms with E-state index in [-0.39, 0.29) is 12.8 Å². The van der Waals surface area contributed by atoms with E-state index in [1.54, 1.807) is 35.1 Å². The molecule has 0 saturated carbocycles. The van der Waals surface area contributed by atoms with E-state index in [0.717, 1.165) is 19.3 Å². The Morgan fingerprint density at radius 3 is 2.68 bits per heavy atom. The summed E-state index contributed by atoms with van der Waals surface area (Å²) in [6, 6.07) is 9.59. The van der Waals surface area contributed by atoms with Crippen LogP contribution in [0.3, 0.4) is 0 Å². The number of hydrogen-bond acceptors (Lipinski definition) is 8. The number of nitrogens with zero attached hydrogens (tertiary/aromatic N) is 4. The van der Waals surface area contributed by atoms with Gasteiger partial charge in [-0.05, 0) is 56.5 Å². The van der Waals surface area contributed by atoms with Gasteiger partial charge in [0.1, 0.15) is 28.7 Å². The predicted molar refractivity (Wildman–Crippen MR) is 141 cm³/mol. The molecule has 5 rings (SSSR count). The molecule has 1 fully saturated rings. The van der Waals surface area contributed by atoms with Crippen LogP contribution < -0.4 is 10.1 Å². The van der Waals surface area contributed by atoms with Gasteiger partial charge in [0, 0.05) is 42.2 Å². The van der Waals surface area contributed by atoms with Crippen LogP contribution in [-0.2, 0) is 14.9 Å². The van der Waals surface area contributed by atoms with Crippen LogP contribution in [0.2, 0.25) is 0 Å². The van der Waals surface area contributed by atoms with Crippen LogP contribution in [0.25, 0.3) is 33.5 Å². The Morgan fingerprint density at radius 1 is 1.16 bits per heavy atom. The van der Waals surface area contributed by atoms with Crippen molar-refractivity contribution in [3.63, 3.8) is 0 Å².